The first kappa shape index (κ1) is 29.7. The smallest absolute Gasteiger partial charge is 0.326 e. The summed E-state index contributed by atoms with van der Waals surface area (Å²) in [7, 11) is 0. The Balaban J connectivity index is 5.52. The summed E-state index contributed by atoms with van der Waals surface area (Å²) >= 11 is 1.49. The molecular weight excluding hydrogens is 440 g/mol. The number of carbonyl (C=O) groups excluding carboxylic acids is 3. The average Bonchev–Trinajstić information content (AvgIpc) is 2.71. The van der Waals surface area contributed by atoms with E-state index in [0.29, 0.717) is 18.6 Å². The maximum atomic E-state index is 12.8. The molecule has 11 nitrogen and oxygen atoms in total. The molecule has 0 aliphatic heterocycles. The zero-order valence-corrected chi connectivity index (χ0v) is 20.0. The molecule has 0 aliphatic carbocycles. The second-order valence-corrected chi connectivity index (χ2v) is 8.97. The first-order valence-corrected chi connectivity index (χ1v) is 11.8. The fourth-order valence-corrected chi connectivity index (χ4v) is 3.24. The van der Waals surface area contributed by atoms with Crippen LogP contribution in [0.15, 0.2) is 0 Å². The average molecular weight is 477 g/mol. The van der Waals surface area contributed by atoms with Gasteiger partial charge in [0.2, 0.25) is 17.7 Å². The van der Waals surface area contributed by atoms with Gasteiger partial charge < -0.3 is 31.9 Å². The molecule has 0 bridgehead atoms. The van der Waals surface area contributed by atoms with Gasteiger partial charge in [-0.15, -0.1) is 0 Å². The Hall–Kier alpha value is -2.34. The van der Waals surface area contributed by atoms with E-state index in [1.165, 1.54) is 11.8 Å². The lowest BCUT2D eigenvalue weighted by Crippen LogP contribution is -2.59. The number of nitrogens with two attached hydrogens (primary N) is 1. The third-order valence-corrected chi connectivity index (χ3v) is 5.65. The summed E-state index contributed by atoms with van der Waals surface area (Å²) in [5.41, 5.74) is 5.79. The second-order valence-electron chi connectivity index (χ2n) is 7.99. The van der Waals surface area contributed by atoms with Crippen molar-refractivity contribution in [2.45, 2.75) is 71.1 Å². The highest BCUT2D eigenvalue weighted by atomic mass is 32.2. The molecule has 184 valence electrons. The van der Waals surface area contributed by atoms with Crippen LogP contribution in [0.3, 0.4) is 0 Å². The fourth-order valence-electron chi connectivity index (χ4n) is 2.75. The Kier molecular flexibility index (Phi) is 13.6. The predicted octanol–water partition coefficient (Wildman–Crippen LogP) is -0.217. The molecule has 0 saturated heterocycles. The van der Waals surface area contributed by atoms with E-state index in [1.54, 1.807) is 27.7 Å². The number of rotatable bonds is 15. The van der Waals surface area contributed by atoms with E-state index in [9.17, 15) is 29.1 Å². The van der Waals surface area contributed by atoms with Crippen LogP contribution in [0.25, 0.3) is 0 Å². The van der Waals surface area contributed by atoms with Gasteiger partial charge in [-0.3, -0.25) is 19.2 Å². The molecule has 5 unspecified atom stereocenters. The number of aliphatic carboxylic acids is 2. The molecule has 12 heteroatoms. The number of hydrogen-bond acceptors (Lipinski definition) is 7. The van der Waals surface area contributed by atoms with Crippen LogP contribution in [0.5, 0.6) is 0 Å². The maximum absolute atomic E-state index is 12.8. The number of carbonyl (C=O) groups is 5. The van der Waals surface area contributed by atoms with Crippen LogP contribution in [0, 0.1) is 11.8 Å². The maximum Gasteiger partial charge on any atom is 0.326 e. The third-order valence-electron chi connectivity index (χ3n) is 5.01. The predicted molar refractivity (Wildman–Crippen MR) is 121 cm³/mol. The molecular formula is C20H36N4O7S. The van der Waals surface area contributed by atoms with Crippen LogP contribution < -0.4 is 21.7 Å². The van der Waals surface area contributed by atoms with Gasteiger partial charge in [0.05, 0.1) is 12.5 Å². The number of hydrogen-bond donors (Lipinski definition) is 6. The van der Waals surface area contributed by atoms with Gasteiger partial charge in [0, 0.05) is 0 Å². The van der Waals surface area contributed by atoms with Gasteiger partial charge >= 0.3 is 11.9 Å². The Morgan fingerprint density at radius 2 is 1.47 bits per heavy atom. The number of nitrogens with one attached hydrogen (secondary N) is 3. The monoisotopic (exact) mass is 476 g/mol. The minimum absolute atomic E-state index is 0.345. The molecule has 0 aliphatic rings. The molecule has 5 atom stereocenters. The SMILES string of the molecule is CCC(C)C(NC(=O)C(CC(=O)O)NC(=O)C(N)CCSC)C(=O)NC(C(=O)O)C(C)C. The summed E-state index contributed by atoms with van der Waals surface area (Å²) in [4.78, 5) is 60.5. The third kappa shape index (κ3) is 10.3. The first-order chi connectivity index (χ1) is 14.8. The molecule has 0 heterocycles. The summed E-state index contributed by atoms with van der Waals surface area (Å²) in [5.74, 6) is -4.94. The normalized spacial score (nSPS) is 15.7. The van der Waals surface area contributed by atoms with Gasteiger partial charge in [0.25, 0.3) is 0 Å². The highest BCUT2D eigenvalue weighted by Crippen LogP contribution is 2.11. The van der Waals surface area contributed by atoms with E-state index in [0.717, 1.165) is 0 Å². The Labute approximate surface area is 192 Å². The van der Waals surface area contributed by atoms with Crippen molar-refractivity contribution in [2.75, 3.05) is 12.0 Å². The zero-order chi connectivity index (χ0) is 25.0. The van der Waals surface area contributed by atoms with Crippen LogP contribution >= 0.6 is 11.8 Å². The molecule has 3 amide bonds. The van der Waals surface area contributed by atoms with E-state index in [-0.39, 0.29) is 5.92 Å². The highest BCUT2D eigenvalue weighted by Gasteiger charge is 2.34. The Morgan fingerprint density at radius 3 is 1.91 bits per heavy atom. The molecule has 0 fully saturated rings. The van der Waals surface area contributed by atoms with Gasteiger partial charge in [-0.2, -0.15) is 11.8 Å². The Morgan fingerprint density at radius 1 is 0.906 bits per heavy atom. The number of carboxylic acid groups (broad SMARTS) is 2. The largest absolute Gasteiger partial charge is 0.481 e. The summed E-state index contributed by atoms with van der Waals surface area (Å²) in [6.07, 6.45) is 1.97. The molecule has 0 spiro atoms. The van der Waals surface area contributed by atoms with E-state index < -0.39 is 66.2 Å². The van der Waals surface area contributed by atoms with Crippen molar-refractivity contribution in [2.24, 2.45) is 17.6 Å². The second kappa shape index (κ2) is 14.7. The lowest BCUT2D eigenvalue weighted by Gasteiger charge is -2.28. The van der Waals surface area contributed by atoms with Gasteiger partial charge in [-0.05, 0) is 30.3 Å². The zero-order valence-electron chi connectivity index (χ0n) is 19.2. The molecule has 0 aromatic rings. The number of carboxylic acids is 2. The lowest BCUT2D eigenvalue weighted by molar-refractivity contribution is -0.144. The van der Waals surface area contributed by atoms with E-state index in [1.807, 2.05) is 6.26 Å². The Bertz CT molecular complexity index is 674. The van der Waals surface area contributed by atoms with Crippen LogP contribution in [-0.2, 0) is 24.0 Å². The van der Waals surface area contributed by atoms with E-state index in [2.05, 4.69) is 16.0 Å². The molecule has 0 radical (unpaired) electrons. The lowest BCUT2D eigenvalue weighted by atomic mass is 9.96. The highest BCUT2D eigenvalue weighted by molar-refractivity contribution is 7.98. The quantitative estimate of drug-likeness (QED) is 0.186. The van der Waals surface area contributed by atoms with Gasteiger partial charge in [0.1, 0.15) is 18.1 Å². The molecule has 32 heavy (non-hydrogen) atoms. The standard InChI is InChI=1S/C20H36N4O7S/c1-6-11(4)16(19(29)23-15(10(2)3)20(30)31)24-18(28)13(9-14(25)26)22-17(27)12(21)7-8-32-5/h10-13,15-16H,6-9,21H2,1-5H3,(H,22,27)(H,23,29)(H,24,28)(H,25,26)(H,30,31). The van der Waals surface area contributed by atoms with Crippen molar-refractivity contribution in [3.05, 3.63) is 0 Å². The number of amides is 3. The molecule has 0 saturated carbocycles. The summed E-state index contributed by atoms with van der Waals surface area (Å²) < 4.78 is 0. The van der Waals surface area contributed by atoms with Gasteiger partial charge in [-0.25, -0.2) is 4.79 Å². The van der Waals surface area contributed by atoms with Crippen LogP contribution in [0.1, 0.15) is 47.0 Å². The number of thioether (sulfide) groups is 1. The summed E-state index contributed by atoms with van der Waals surface area (Å²) in [6.45, 7) is 6.75. The van der Waals surface area contributed by atoms with Crippen LogP contribution in [-0.4, -0.2) is 76.0 Å². The van der Waals surface area contributed by atoms with Crippen LogP contribution in [0.4, 0.5) is 0 Å². The molecule has 7 N–H and O–H groups in total. The molecule has 0 aromatic carbocycles. The van der Waals surface area contributed by atoms with E-state index in [4.69, 9.17) is 10.8 Å². The van der Waals surface area contributed by atoms with Crippen molar-refractivity contribution >= 4 is 41.4 Å². The first-order valence-electron chi connectivity index (χ1n) is 10.5. The topological polar surface area (TPSA) is 188 Å². The summed E-state index contributed by atoms with van der Waals surface area (Å²) in [6, 6.07) is -4.64. The van der Waals surface area contributed by atoms with Gasteiger partial charge in [0.15, 0.2) is 0 Å². The molecule has 0 rings (SSSR count). The van der Waals surface area contributed by atoms with Crippen molar-refractivity contribution < 1.29 is 34.2 Å². The van der Waals surface area contributed by atoms with Crippen LogP contribution in [0.2, 0.25) is 0 Å². The minimum Gasteiger partial charge on any atom is -0.481 e. The van der Waals surface area contributed by atoms with Crippen molar-refractivity contribution in [3.63, 3.8) is 0 Å². The van der Waals surface area contributed by atoms with Crippen molar-refractivity contribution in [3.8, 4) is 0 Å². The molecule has 0 aromatic heterocycles. The summed E-state index contributed by atoms with van der Waals surface area (Å²) in [5, 5.41) is 25.7. The van der Waals surface area contributed by atoms with Crippen molar-refractivity contribution in [1.82, 2.24) is 16.0 Å². The van der Waals surface area contributed by atoms with E-state index >= 15 is 0 Å². The van der Waals surface area contributed by atoms with Crippen molar-refractivity contribution in [1.29, 1.82) is 0 Å². The fraction of sp³-hybridized carbons (Fsp3) is 0.750. The van der Waals surface area contributed by atoms with Gasteiger partial charge in [-0.1, -0.05) is 34.1 Å². The minimum atomic E-state index is -1.44.